The predicted molar refractivity (Wildman–Crippen MR) is 118 cm³/mol. The van der Waals surface area contributed by atoms with E-state index in [1.165, 1.54) is 23.5 Å². The van der Waals surface area contributed by atoms with Crippen LogP contribution in [0.5, 0.6) is 0 Å². The molecule has 158 valence electrons. The molecule has 2 bridgehead atoms. The molecule has 2 aromatic carbocycles. The molecule has 3 aliphatic heterocycles. The van der Waals surface area contributed by atoms with Crippen LogP contribution in [-0.4, -0.2) is 57.7 Å². The SMILES string of the molecule is CN1C(=O)[C@]2(COCc3ccccc3)SC(c3ccc(CO)cc3)SC1C(=O)N2C. The van der Waals surface area contributed by atoms with Crippen molar-refractivity contribution in [2.24, 2.45) is 0 Å². The molecule has 2 amide bonds. The molecular weight excluding hydrogens is 420 g/mol. The van der Waals surface area contributed by atoms with Gasteiger partial charge in [-0.05, 0) is 16.7 Å². The van der Waals surface area contributed by atoms with Crippen LogP contribution in [0.25, 0.3) is 0 Å². The van der Waals surface area contributed by atoms with E-state index in [0.717, 1.165) is 16.7 Å². The smallest absolute Gasteiger partial charge is 0.262 e. The number of amides is 2. The highest BCUT2D eigenvalue weighted by Gasteiger charge is 2.59. The second-order valence-corrected chi connectivity index (χ2v) is 10.3. The molecule has 0 saturated carbocycles. The summed E-state index contributed by atoms with van der Waals surface area (Å²) in [6.45, 7) is 0.457. The topological polar surface area (TPSA) is 70.1 Å². The molecule has 5 rings (SSSR count). The summed E-state index contributed by atoms with van der Waals surface area (Å²) in [4.78, 5) is 28.5. The van der Waals surface area contributed by atoms with Crippen molar-refractivity contribution < 1.29 is 19.4 Å². The van der Waals surface area contributed by atoms with Gasteiger partial charge in [-0.1, -0.05) is 54.6 Å². The summed E-state index contributed by atoms with van der Waals surface area (Å²) in [7, 11) is 3.38. The number of thioether (sulfide) groups is 2. The number of piperazine rings is 1. The van der Waals surface area contributed by atoms with Gasteiger partial charge in [0.05, 0.1) is 24.4 Å². The average Bonchev–Trinajstić information content (AvgIpc) is 2.96. The Morgan fingerprint density at radius 3 is 2.40 bits per heavy atom. The van der Waals surface area contributed by atoms with Crippen LogP contribution in [0.2, 0.25) is 0 Å². The zero-order valence-corrected chi connectivity index (χ0v) is 18.5. The van der Waals surface area contributed by atoms with Crippen molar-refractivity contribution in [3.05, 3.63) is 71.3 Å². The summed E-state index contributed by atoms with van der Waals surface area (Å²) in [6.07, 6.45) is 0. The van der Waals surface area contributed by atoms with Gasteiger partial charge in [0.2, 0.25) is 0 Å². The van der Waals surface area contributed by atoms with Crippen LogP contribution in [0.1, 0.15) is 21.3 Å². The first kappa shape index (κ1) is 21.2. The molecule has 0 aliphatic carbocycles. The summed E-state index contributed by atoms with van der Waals surface area (Å²) in [5.41, 5.74) is 2.85. The normalized spacial score (nSPS) is 26.2. The third-order valence-electron chi connectivity index (χ3n) is 5.49. The van der Waals surface area contributed by atoms with E-state index in [1.54, 1.807) is 23.9 Å². The van der Waals surface area contributed by atoms with Gasteiger partial charge in [-0.25, -0.2) is 0 Å². The highest BCUT2D eigenvalue weighted by atomic mass is 32.2. The van der Waals surface area contributed by atoms with Crippen molar-refractivity contribution >= 4 is 35.3 Å². The molecule has 2 aromatic rings. The lowest BCUT2D eigenvalue weighted by Gasteiger charge is -2.45. The van der Waals surface area contributed by atoms with E-state index in [2.05, 4.69) is 0 Å². The van der Waals surface area contributed by atoms with Crippen molar-refractivity contribution in [2.45, 2.75) is 28.0 Å². The van der Waals surface area contributed by atoms with Gasteiger partial charge in [-0.3, -0.25) is 9.59 Å². The van der Waals surface area contributed by atoms with Crippen LogP contribution in [0.15, 0.2) is 54.6 Å². The number of hydrogen-bond donors (Lipinski definition) is 1. The lowest BCUT2D eigenvalue weighted by Crippen LogP contribution is -2.67. The van der Waals surface area contributed by atoms with Crippen molar-refractivity contribution in [2.75, 3.05) is 20.7 Å². The lowest BCUT2D eigenvalue weighted by atomic mass is 10.1. The predicted octanol–water partition coefficient (Wildman–Crippen LogP) is 2.83. The van der Waals surface area contributed by atoms with Gasteiger partial charge >= 0.3 is 0 Å². The fraction of sp³-hybridized carbons (Fsp3) is 0.364. The Morgan fingerprint density at radius 2 is 1.73 bits per heavy atom. The van der Waals surface area contributed by atoms with Gasteiger partial charge in [-0.2, -0.15) is 0 Å². The van der Waals surface area contributed by atoms with Crippen LogP contribution in [0.4, 0.5) is 0 Å². The van der Waals surface area contributed by atoms with Crippen LogP contribution >= 0.6 is 23.5 Å². The Labute approximate surface area is 184 Å². The van der Waals surface area contributed by atoms with Crippen LogP contribution in [0, 0.1) is 0 Å². The molecule has 0 radical (unpaired) electrons. The number of nitrogens with zero attached hydrogens (tertiary/aromatic N) is 2. The van der Waals surface area contributed by atoms with Crippen LogP contribution in [0.3, 0.4) is 0 Å². The van der Waals surface area contributed by atoms with Crippen LogP contribution < -0.4 is 0 Å². The molecule has 6 nitrogen and oxygen atoms in total. The maximum Gasteiger partial charge on any atom is 0.262 e. The highest BCUT2D eigenvalue weighted by molar-refractivity contribution is 8.18. The van der Waals surface area contributed by atoms with E-state index in [-0.39, 0.29) is 29.6 Å². The highest BCUT2D eigenvalue weighted by Crippen LogP contribution is 2.56. The number of carbonyl (C=O) groups is 2. The van der Waals surface area contributed by atoms with Crippen molar-refractivity contribution in [3.8, 4) is 0 Å². The molecule has 3 aliphatic rings. The molecule has 3 heterocycles. The number of rotatable bonds is 6. The maximum absolute atomic E-state index is 13.4. The number of hydrogen-bond acceptors (Lipinski definition) is 6. The first-order chi connectivity index (χ1) is 14.5. The summed E-state index contributed by atoms with van der Waals surface area (Å²) >= 11 is 2.93. The van der Waals surface area contributed by atoms with Crippen molar-refractivity contribution in [1.82, 2.24) is 9.80 Å². The van der Waals surface area contributed by atoms with Crippen LogP contribution in [-0.2, 0) is 27.5 Å². The number of aliphatic hydroxyl groups excluding tert-OH is 1. The molecule has 8 heteroatoms. The Balaban J connectivity index is 1.63. The second-order valence-electron chi connectivity index (χ2n) is 7.41. The first-order valence-corrected chi connectivity index (χ1v) is 11.5. The Kier molecular flexibility index (Phi) is 6.11. The van der Waals surface area contributed by atoms with Gasteiger partial charge in [0, 0.05) is 14.1 Å². The molecule has 3 saturated heterocycles. The van der Waals surface area contributed by atoms with Gasteiger partial charge < -0.3 is 19.6 Å². The Bertz CT molecular complexity index is 924. The molecule has 0 spiro atoms. The molecule has 0 aromatic heterocycles. The zero-order chi connectivity index (χ0) is 21.3. The number of ether oxygens (including phenoxy) is 1. The molecule has 3 atom stereocenters. The summed E-state index contributed by atoms with van der Waals surface area (Å²) in [6, 6.07) is 17.4. The van der Waals surface area contributed by atoms with E-state index >= 15 is 0 Å². The largest absolute Gasteiger partial charge is 0.392 e. The summed E-state index contributed by atoms with van der Waals surface area (Å²) in [5, 5.41) is 8.75. The lowest BCUT2D eigenvalue weighted by molar-refractivity contribution is -0.159. The van der Waals surface area contributed by atoms with Gasteiger partial charge in [-0.15, -0.1) is 23.5 Å². The molecular formula is C22H24N2O4S2. The fourth-order valence-corrected chi connectivity index (χ4v) is 7.04. The van der Waals surface area contributed by atoms with E-state index in [4.69, 9.17) is 4.74 Å². The van der Waals surface area contributed by atoms with Gasteiger partial charge in [0.1, 0.15) is 0 Å². The molecule has 3 fully saturated rings. The fourth-order valence-electron chi connectivity index (χ4n) is 3.64. The van der Waals surface area contributed by atoms with Gasteiger partial charge in [0.15, 0.2) is 10.2 Å². The number of likely N-dealkylation sites (N-methyl/N-ethyl adjacent to an activating group) is 2. The minimum atomic E-state index is -1.12. The molecule has 2 unspecified atom stereocenters. The van der Waals surface area contributed by atoms with Gasteiger partial charge in [0.25, 0.3) is 11.8 Å². The quantitative estimate of drug-likeness (QED) is 0.739. The summed E-state index contributed by atoms with van der Waals surface area (Å²) in [5.74, 6) is -0.206. The standard InChI is InChI=1S/C22H24N2O4S2/c1-23-19-18(26)24(2)22(21(23)27,14-28-13-16-6-4-3-5-7-16)30-20(29-19)17-10-8-15(12-25)9-11-17/h3-11,19-20,25H,12-14H2,1-2H3/t19?,20?,22-/m0/s1. The summed E-state index contributed by atoms with van der Waals surface area (Å²) < 4.78 is 5.87. The Hall–Kier alpha value is -2.00. The Morgan fingerprint density at radius 1 is 1.03 bits per heavy atom. The number of benzene rings is 2. The first-order valence-electron chi connectivity index (χ1n) is 9.66. The monoisotopic (exact) mass is 444 g/mol. The number of aliphatic hydroxyl groups is 1. The number of carbonyl (C=O) groups excluding carboxylic acids is 2. The van der Waals surface area contributed by atoms with Crippen molar-refractivity contribution in [1.29, 1.82) is 0 Å². The minimum Gasteiger partial charge on any atom is -0.392 e. The van der Waals surface area contributed by atoms with Crippen molar-refractivity contribution in [3.63, 3.8) is 0 Å². The van der Waals surface area contributed by atoms with E-state index in [9.17, 15) is 14.7 Å². The minimum absolute atomic E-state index is 0.0203. The van der Waals surface area contributed by atoms with E-state index in [0.29, 0.717) is 6.61 Å². The third kappa shape index (κ3) is 3.73. The molecule has 1 N–H and O–H groups in total. The van der Waals surface area contributed by atoms with E-state index < -0.39 is 10.2 Å². The number of fused-ring (bicyclic) bond motifs is 4. The zero-order valence-electron chi connectivity index (χ0n) is 16.9. The van der Waals surface area contributed by atoms with E-state index in [1.807, 2.05) is 54.6 Å². The second kappa shape index (κ2) is 8.63. The average molecular weight is 445 g/mol. The third-order valence-corrected chi connectivity index (χ3v) is 8.85. The maximum atomic E-state index is 13.4. The molecule has 30 heavy (non-hydrogen) atoms.